The van der Waals surface area contributed by atoms with E-state index in [1.54, 1.807) is 0 Å². The minimum Gasteiger partial charge on any atom is -0.358 e. The van der Waals surface area contributed by atoms with E-state index in [0.717, 1.165) is 0 Å². The topological polar surface area (TPSA) is 88.9 Å². The normalized spacial score (nSPS) is 10.5. The summed E-state index contributed by atoms with van der Waals surface area (Å²) in [6, 6.07) is 0. The van der Waals surface area contributed by atoms with Crippen LogP contribution in [0.2, 0.25) is 0 Å². The van der Waals surface area contributed by atoms with Crippen LogP contribution in [0.1, 0.15) is 12.1 Å². The first-order chi connectivity index (χ1) is 6.25. The number of aromatic nitrogens is 2. The van der Waals surface area contributed by atoms with Gasteiger partial charge >= 0.3 is 5.82 Å². The molecule has 1 N–H and O–H groups in total. The maximum absolute atomic E-state index is 10.3. The lowest BCUT2D eigenvalue weighted by molar-refractivity contribution is -0.389. The molecule has 1 rings (SSSR count). The Hall–Kier alpha value is -1.98. The zero-order chi connectivity index (χ0) is 9.68. The molecule has 6 nitrogen and oxygen atoms in total. The third-order valence-electron chi connectivity index (χ3n) is 1.34. The summed E-state index contributed by atoms with van der Waals surface area (Å²) in [5.41, 5.74) is 0.229. The van der Waals surface area contributed by atoms with Gasteiger partial charge in [-0.05, 0) is 11.0 Å². The molecule has 0 aliphatic rings. The van der Waals surface area contributed by atoms with Crippen molar-refractivity contribution in [3.05, 3.63) is 28.2 Å². The number of allylic oxidation sites excluding steroid dienone is 1. The van der Waals surface area contributed by atoms with Crippen LogP contribution in [0.5, 0.6) is 0 Å². The van der Waals surface area contributed by atoms with E-state index in [4.69, 9.17) is 0 Å². The lowest BCUT2D eigenvalue weighted by atomic mass is 10.3. The van der Waals surface area contributed by atoms with Gasteiger partial charge in [0.05, 0.1) is 0 Å². The van der Waals surface area contributed by atoms with Gasteiger partial charge in [-0.15, -0.1) is 0 Å². The molecule has 68 valence electrons. The fourth-order valence-electron chi connectivity index (χ4n) is 0.801. The molecule has 0 atom stereocenters. The molecule has 0 radical (unpaired) electrons. The van der Waals surface area contributed by atoms with Crippen molar-refractivity contribution in [2.45, 2.75) is 6.42 Å². The number of carbonyl (C=O) groups excluding carboxylic acids is 1. The van der Waals surface area contributed by atoms with E-state index in [1.165, 1.54) is 18.5 Å². The van der Waals surface area contributed by atoms with Crippen LogP contribution in [0.15, 0.2) is 12.4 Å². The summed E-state index contributed by atoms with van der Waals surface area (Å²) >= 11 is 0. The van der Waals surface area contributed by atoms with Crippen LogP contribution in [0.4, 0.5) is 5.82 Å². The Labute approximate surface area is 73.4 Å². The van der Waals surface area contributed by atoms with Crippen LogP contribution < -0.4 is 0 Å². The third kappa shape index (κ3) is 2.22. The highest BCUT2D eigenvalue weighted by molar-refractivity contribution is 5.59. The summed E-state index contributed by atoms with van der Waals surface area (Å²) in [5, 5.41) is 10.3. The molecule has 0 aliphatic carbocycles. The van der Waals surface area contributed by atoms with Crippen LogP contribution in [-0.4, -0.2) is 21.2 Å². The molecule has 0 unspecified atom stereocenters. The van der Waals surface area contributed by atoms with Gasteiger partial charge in [-0.25, -0.2) is 9.97 Å². The van der Waals surface area contributed by atoms with E-state index in [-0.39, 0.29) is 17.9 Å². The number of nitrogens with zero attached hydrogens (tertiary/aromatic N) is 2. The Morgan fingerprint density at radius 1 is 1.69 bits per heavy atom. The Kier molecular flexibility index (Phi) is 2.91. The number of imidazole rings is 1. The smallest absolute Gasteiger partial charge is 0.347 e. The summed E-state index contributed by atoms with van der Waals surface area (Å²) in [6.07, 6.45) is 5.11. The number of rotatable bonds is 4. The van der Waals surface area contributed by atoms with Crippen molar-refractivity contribution in [1.82, 2.24) is 9.97 Å². The second-order valence-corrected chi connectivity index (χ2v) is 2.20. The summed E-state index contributed by atoms with van der Waals surface area (Å²) in [5.74, 6) is -0.165. The number of aromatic amines is 1. The van der Waals surface area contributed by atoms with E-state index in [0.29, 0.717) is 6.29 Å². The predicted molar refractivity (Wildman–Crippen MR) is 45.0 cm³/mol. The fraction of sp³-hybridized carbons (Fsp3) is 0.143. The zero-order valence-corrected chi connectivity index (χ0v) is 6.64. The van der Waals surface area contributed by atoms with Gasteiger partial charge in [0, 0.05) is 6.42 Å². The number of carbonyl (C=O) groups is 1. The summed E-state index contributed by atoms with van der Waals surface area (Å²) in [6.45, 7) is 0. The van der Waals surface area contributed by atoms with E-state index < -0.39 is 4.92 Å². The fourth-order valence-corrected chi connectivity index (χ4v) is 0.801. The number of hydrogen-bond donors (Lipinski definition) is 1. The van der Waals surface area contributed by atoms with Crippen molar-refractivity contribution in [3.8, 4) is 0 Å². The predicted octanol–water partition coefficient (Wildman–Crippen LogP) is 0.920. The van der Waals surface area contributed by atoms with Crippen LogP contribution in [0.3, 0.4) is 0 Å². The molecule has 0 aliphatic heterocycles. The highest BCUT2D eigenvalue weighted by Gasteiger charge is 2.11. The largest absolute Gasteiger partial charge is 0.358 e. The van der Waals surface area contributed by atoms with Crippen LogP contribution in [-0.2, 0) is 4.79 Å². The molecular formula is C7H7N3O3. The minimum atomic E-state index is -0.562. The standard InChI is InChI=1S/C7H7N3O3/c11-4-2-1-3-6-7(10(12)13)9-5-8-6/h1,3-5H,2H2,(H,8,9). The van der Waals surface area contributed by atoms with Gasteiger partial charge in [-0.1, -0.05) is 6.08 Å². The van der Waals surface area contributed by atoms with Crippen LogP contribution in [0, 0.1) is 10.1 Å². The van der Waals surface area contributed by atoms with E-state index in [9.17, 15) is 14.9 Å². The monoisotopic (exact) mass is 181 g/mol. The first kappa shape index (κ1) is 9.11. The van der Waals surface area contributed by atoms with Crippen LogP contribution in [0.25, 0.3) is 6.08 Å². The first-order valence-corrected chi connectivity index (χ1v) is 3.53. The van der Waals surface area contributed by atoms with Gasteiger partial charge in [0.1, 0.15) is 6.29 Å². The number of nitro groups is 1. The summed E-state index contributed by atoms with van der Waals surface area (Å²) in [4.78, 5) is 25.8. The molecule has 1 heterocycles. The van der Waals surface area contributed by atoms with Gasteiger partial charge in [0.25, 0.3) is 0 Å². The molecule has 1 aromatic rings. The molecule has 13 heavy (non-hydrogen) atoms. The highest BCUT2D eigenvalue weighted by atomic mass is 16.6. The van der Waals surface area contributed by atoms with Crippen molar-refractivity contribution in [2.75, 3.05) is 0 Å². The molecule has 0 fully saturated rings. The molecule has 1 aromatic heterocycles. The first-order valence-electron chi connectivity index (χ1n) is 3.53. The van der Waals surface area contributed by atoms with Crippen LogP contribution >= 0.6 is 0 Å². The van der Waals surface area contributed by atoms with Crippen molar-refractivity contribution in [3.63, 3.8) is 0 Å². The lowest BCUT2D eigenvalue weighted by Gasteiger charge is -1.89. The Morgan fingerprint density at radius 3 is 3.08 bits per heavy atom. The average Bonchev–Trinajstić information content (AvgIpc) is 2.53. The molecule has 0 aromatic carbocycles. The molecule has 6 heteroatoms. The molecule has 0 saturated heterocycles. The van der Waals surface area contributed by atoms with Gasteiger partial charge in [0.2, 0.25) is 0 Å². The molecule has 0 spiro atoms. The summed E-state index contributed by atoms with van der Waals surface area (Å²) < 4.78 is 0. The lowest BCUT2D eigenvalue weighted by Crippen LogP contribution is -1.89. The second-order valence-electron chi connectivity index (χ2n) is 2.20. The Morgan fingerprint density at radius 2 is 2.46 bits per heavy atom. The maximum atomic E-state index is 10.3. The SMILES string of the molecule is O=CCC=Cc1nc[nH]c1[N+](=O)[O-]. The van der Waals surface area contributed by atoms with Crippen molar-refractivity contribution in [2.24, 2.45) is 0 Å². The molecule has 0 amide bonds. The maximum Gasteiger partial charge on any atom is 0.347 e. The van der Waals surface area contributed by atoms with E-state index in [2.05, 4.69) is 9.97 Å². The van der Waals surface area contributed by atoms with Gasteiger partial charge in [0.15, 0.2) is 12.0 Å². The van der Waals surface area contributed by atoms with Crippen molar-refractivity contribution < 1.29 is 9.72 Å². The number of nitrogens with one attached hydrogen (secondary N) is 1. The highest BCUT2D eigenvalue weighted by Crippen LogP contribution is 2.13. The molecular weight excluding hydrogens is 174 g/mol. The Balaban J connectivity index is 2.82. The van der Waals surface area contributed by atoms with Gasteiger partial charge < -0.3 is 14.9 Å². The summed E-state index contributed by atoms with van der Waals surface area (Å²) in [7, 11) is 0. The van der Waals surface area contributed by atoms with Crippen molar-refractivity contribution in [1.29, 1.82) is 0 Å². The third-order valence-corrected chi connectivity index (χ3v) is 1.34. The van der Waals surface area contributed by atoms with Gasteiger partial charge in [-0.2, -0.15) is 0 Å². The number of hydrogen-bond acceptors (Lipinski definition) is 4. The number of H-pyrrole nitrogens is 1. The number of aldehydes is 1. The van der Waals surface area contributed by atoms with E-state index >= 15 is 0 Å². The quantitative estimate of drug-likeness (QED) is 0.425. The Bertz CT molecular complexity index is 343. The second kappa shape index (κ2) is 4.15. The minimum absolute atomic E-state index is 0.165. The molecule has 0 bridgehead atoms. The van der Waals surface area contributed by atoms with Crippen molar-refractivity contribution >= 4 is 18.2 Å². The van der Waals surface area contributed by atoms with Gasteiger partial charge in [-0.3, -0.25) is 0 Å². The zero-order valence-electron chi connectivity index (χ0n) is 6.64. The average molecular weight is 181 g/mol. The molecule has 0 saturated carbocycles. The van der Waals surface area contributed by atoms with E-state index in [1.807, 2.05) is 0 Å².